The van der Waals surface area contributed by atoms with Crippen molar-refractivity contribution in [2.24, 2.45) is 0 Å². The zero-order chi connectivity index (χ0) is 44.7. The number of rotatable bonds is 7. The highest BCUT2D eigenvalue weighted by Gasteiger charge is 2.61. The molecule has 0 unspecified atom stereocenters. The van der Waals surface area contributed by atoms with Gasteiger partial charge in [-0.05, 0) is 47.6 Å². The fourth-order valence-corrected chi connectivity index (χ4v) is 9.58. The lowest BCUT2D eigenvalue weighted by Crippen LogP contribution is -2.34. The smallest absolute Gasteiger partial charge is 0.418 e. The molecule has 4 rings (SSSR count). The standard InChI is InChI=1S/C27H33S.C11HF15O3S/c1-19(2)22-17-25(20(3)4)27(26(18-22)21(5)6)28(23-13-9-7-10-14-23)24-15-11-8-12-16-24;12-7(13,14)1-2(8(15,16)17)4(10(21,22)23)6(30(27,28)29)5(11(24,25)26)3(1)9(18,19)20/h7-21H,1-6H3;(H,27,28,29)/q+1;/p-1. The van der Waals surface area contributed by atoms with Crippen molar-refractivity contribution in [3.63, 3.8) is 0 Å². The van der Waals surface area contributed by atoms with Gasteiger partial charge in [0.25, 0.3) is 0 Å². The first-order valence-electron chi connectivity index (χ1n) is 16.7. The van der Waals surface area contributed by atoms with Gasteiger partial charge in [-0.2, -0.15) is 65.9 Å². The highest BCUT2D eigenvalue weighted by molar-refractivity contribution is 7.97. The lowest BCUT2D eigenvalue weighted by Gasteiger charge is -2.31. The van der Waals surface area contributed by atoms with Crippen LogP contribution in [0.25, 0.3) is 0 Å². The summed E-state index contributed by atoms with van der Waals surface area (Å²) in [7, 11) is -7.62. The fourth-order valence-electron chi connectivity index (χ4n) is 5.98. The first kappa shape index (κ1) is 48.5. The Morgan fingerprint density at radius 1 is 0.466 bits per heavy atom. The van der Waals surface area contributed by atoms with E-state index in [9.17, 15) is 78.8 Å². The van der Waals surface area contributed by atoms with Gasteiger partial charge in [-0.25, -0.2) is 8.42 Å². The van der Waals surface area contributed by atoms with Crippen LogP contribution in [0.15, 0.2) is 92.4 Å². The van der Waals surface area contributed by atoms with Gasteiger partial charge in [0.15, 0.2) is 14.7 Å². The summed E-state index contributed by atoms with van der Waals surface area (Å²) in [6.07, 6.45) is -35.6. The van der Waals surface area contributed by atoms with Crippen molar-refractivity contribution in [1.29, 1.82) is 0 Å². The van der Waals surface area contributed by atoms with Crippen LogP contribution in [0, 0.1) is 0 Å². The predicted octanol–water partition coefficient (Wildman–Crippen LogP) is 13.8. The first-order chi connectivity index (χ1) is 26.1. The lowest BCUT2D eigenvalue weighted by atomic mass is 9.89. The van der Waals surface area contributed by atoms with Crippen LogP contribution in [0.3, 0.4) is 0 Å². The van der Waals surface area contributed by atoms with E-state index in [-0.39, 0.29) is 10.9 Å². The molecule has 0 bridgehead atoms. The maximum atomic E-state index is 13.0. The molecule has 0 saturated carbocycles. The first-order valence-corrected chi connectivity index (χ1v) is 19.3. The van der Waals surface area contributed by atoms with Gasteiger partial charge in [-0.1, -0.05) is 90.1 Å². The van der Waals surface area contributed by atoms with Gasteiger partial charge in [-0.3, -0.25) is 0 Å². The van der Waals surface area contributed by atoms with E-state index < -0.39 is 73.7 Å². The largest absolute Gasteiger partial charge is 0.744 e. The van der Waals surface area contributed by atoms with E-state index in [0.717, 1.165) is 0 Å². The zero-order valence-corrected chi connectivity index (χ0v) is 32.5. The van der Waals surface area contributed by atoms with Crippen molar-refractivity contribution in [1.82, 2.24) is 0 Å². The number of hydrogen-bond donors (Lipinski definition) is 0. The average Bonchev–Trinajstić information content (AvgIpc) is 3.05. The summed E-state index contributed by atoms with van der Waals surface area (Å²) in [5, 5.41) is 0. The minimum atomic E-state index is -7.52. The minimum absolute atomic E-state index is 0.100. The third-order valence-corrected chi connectivity index (χ3v) is 11.6. The molecule has 0 N–H and O–H groups in total. The Bertz CT molecular complexity index is 2050. The molecule has 0 fully saturated rings. The number of alkyl halides is 15. The maximum Gasteiger partial charge on any atom is 0.418 e. The van der Waals surface area contributed by atoms with Crippen molar-refractivity contribution in [2.75, 3.05) is 0 Å². The minimum Gasteiger partial charge on any atom is -0.744 e. The van der Waals surface area contributed by atoms with Crippen LogP contribution in [0.1, 0.15) is 104 Å². The molecule has 58 heavy (non-hydrogen) atoms. The lowest BCUT2D eigenvalue weighted by molar-refractivity contribution is -0.191. The molecule has 4 aromatic rings. The van der Waals surface area contributed by atoms with Gasteiger partial charge in [-0.15, -0.1) is 0 Å². The van der Waals surface area contributed by atoms with E-state index >= 15 is 0 Å². The summed E-state index contributed by atoms with van der Waals surface area (Å²) in [6.45, 7) is 14.0. The van der Waals surface area contributed by atoms with Gasteiger partial charge in [0.2, 0.25) is 0 Å². The van der Waals surface area contributed by atoms with E-state index in [0.29, 0.717) is 17.8 Å². The summed E-state index contributed by atoms with van der Waals surface area (Å²) in [5.41, 5.74) is -17.7. The van der Waals surface area contributed by atoms with Gasteiger partial charge < -0.3 is 4.55 Å². The van der Waals surface area contributed by atoms with E-state index in [1.54, 1.807) is 0 Å². The quantitative estimate of drug-likeness (QED) is 0.106. The van der Waals surface area contributed by atoms with Crippen molar-refractivity contribution >= 4 is 21.0 Å². The molecule has 0 aliphatic rings. The molecule has 0 aliphatic heterocycles. The number of hydrogen-bond acceptors (Lipinski definition) is 3. The molecule has 20 heteroatoms. The van der Waals surface area contributed by atoms with Crippen LogP contribution in [0.4, 0.5) is 65.9 Å². The summed E-state index contributed by atoms with van der Waals surface area (Å²) >= 11 is 0. The molecule has 0 radical (unpaired) electrons. The third-order valence-electron chi connectivity index (χ3n) is 8.36. The number of halogens is 15. The van der Waals surface area contributed by atoms with Crippen LogP contribution in [-0.2, 0) is 51.9 Å². The fraction of sp³-hybridized carbons (Fsp3) is 0.368. The van der Waals surface area contributed by atoms with E-state index in [1.165, 1.54) is 31.4 Å². The molecular formula is C38H33F15O3S2. The molecule has 4 aromatic carbocycles. The van der Waals surface area contributed by atoms with E-state index in [2.05, 4.69) is 114 Å². The summed E-state index contributed by atoms with van der Waals surface area (Å²) in [5.74, 6) is 1.53. The number of benzene rings is 4. The molecule has 0 aromatic heterocycles. The normalized spacial score (nSPS) is 13.4. The van der Waals surface area contributed by atoms with Gasteiger partial charge >= 0.3 is 30.9 Å². The Hall–Kier alpha value is -3.91. The molecular weight excluding hydrogens is 854 g/mol. The molecule has 0 heterocycles. The second-order valence-corrected chi connectivity index (χ2v) is 16.9. The summed E-state index contributed by atoms with van der Waals surface area (Å²) < 4.78 is 228. The van der Waals surface area contributed by atoms with Gasteiger partial charge in [0.1, 0.15) is 10.1 Å². The highest BCUT2D eigenvalue weighted by atomic mass is 32.2. The monoisotopic (exact) mass is 886 g/mol. The van der Waals surface area contributed by atoms with Crippen LogP contribution in [-0.4, -0.2) is 13.0 Å². The van der Waals surface area contributed by atoms with Crippen molar-refractivity contribution in [3.8, 4) is 0 Å². The second kappa shape index (κ2) is 17.0. The van der Waals surface area contributed by atoms with Crippen LogP contribution in [0.2, 0.25) is 0 Å². The molecule has 3 nitrogen and oxygen atoms in total. The van der Waals surface area contributed by atoms with Gasteiger partial charge in [0, 0.05) is 11.1 Å². The average molecular weight is 887 g/mol. The van der Waals surface area contributed by atoms with Crippen molar-refractivity contribution in [3.05, 3.63) is 117 Å². The molecule has 0 amide bonds. The Kier molecular flexibility index (Phi) is 14.2. The summed E-state index contributed by atoms with van der Waals surface area (Å²) in [4.78, 5) is 0.145. The molecule has 0 saturated heterocycles. The molecule has 320 valence electrons. The maximum absolute atomic E-state index is 13.0. The summed E-state index contributed by atoms with van der Waals surface area (Å²) in [6, 6.07) is 27.0. The zero-order valence-electron chi connectivity index (χ0n) is 30.9. The van der Waals surface area contributed by atoms with E-state index in [4.69, 9.17) is 0 Å². The SMILES string of the molecule is CC(C)c1cc(C(C)C)c([S+](c2ccccc2)c2ccccc2)c(C(C)C)c1.O=S(=O)([O-])c1c(C(F)(F)F)c(C(F)(F)F)c(C(F)(F)F)c(C(F)(F)F)c1C(F)(F)F. The Balaban J connectivity index is 0.000000311. The van der Waals surface area contributed by atoms with Crippen LogP contribution < -0.4 is 0 Å². The third kappa shape index (κ3) is 10.8. The Morgan fingerprint density at radius 2 is 0.741 bits per heavy atom. The van der Waals surface area contributed by atoms with E-state index in [1.807, 2.05) is 0 Å². The highest BCUT2D eigenvalue weighted by Crippen LogP contribution is 2.57. The molecule has 0 atom stereocenters. The topological polar surface area (TPSA) is 57.2 Å². The van der Waals surface area contributed by atoms with Crippen molar-refractivity contribution in [2.45, 2.75) is 110 Å². The molecule has 0 aliphatic carbocycles. The van der Waals surface area contributed by atoms with Crippen LogP contribution >= 0.6 is 0 Å². The van der Waals surface area contributed by atoms with Crippen LogP contribution in [0.5, 0.6) is 0 Å². The van der Waals surface area contributed by atoms with Crippen molar-refractivity contribution < 1.29 is 78.8 Å². The second-order valence-electron chi connectivity index (χ2n) is 13.6. The Morgan fingerprint density at radius 3 is 0.966 bits per heavy atom. The van der Waals surface area contributed by atoms with Gasteiger partial charge in [0.05, 0.1) is 43.6 Å². The Labute approximate surface area is 326 Å². The molecule has 0 spiro atoms. The predicted molar refractivity (Wildman–Crippen MR) is 183 cm³/mol.